The number of aromatic nitrogens is 3. The second kappa shape index (κ2) is 10.4. The maximum absolute atomic E-state index is 12.7. The van der Waals surface area contributed by atoms with Crippen molar-refractivity contribution in [1.82, 2.24) is 25.0 Å². The number of nitrogens with zero attached hydrogens (tertiary/aromatic N) is 3. The SMILES string of the molecule is Cc1ccc(-c2n[nH]c(=S)n2CCC(=O)NCC(c2ccccc2Cl)N2CCCC2)cc1. The lowest BCUT2D eigenvalue weighted by atomic mass is 10.1. The van der Waals surface area contributed by atoms with Gasteiger partial charge in [0.05, 0.1) is 6.04 Å². The summed E-state index contributed by atoms with van der Waals surface area (Å²) in [7, 11) is 0. The Labute approximate surface area is 198 Å². The number of aromatic amines is 1. The van der Waals surface area contributed by atoms with Crippen LogP contribution in [0.15, 0.2) is 48.5 Å². The Balaban J connectivity index is 1.41. The Kier molecular flexibility index (Phi) is 7.40. The van der Waals surface area contributed by atoms with Crippen molar-refractivity contribution in [1.29, 1.82) is 0 Å². The quantitative estimate of drug-likeness (QED) is 0.460. The first kappa shape index (κ1) is 22.7. The number of carbonyl (C=O) groups excluding carboxylic acids is 1. The molecule has 0 bridgehead atoms. The van der Waals surface area contributed by atoms with Gasteiger partial charge in [0, 0.05) is 30.1 Å². The van der Waals surface area contributed by atoms with Crippen molar-refractivity contribution in [3.05, 3.63) is 69.5 Å². The zero-order chi connectivity index (χ0) is 22.5. The van der Waals surface area contributed by atoms with Gasteiger partial charge in [-0.25, -0.2) is 0 Å². The molecule has 1 amide bonds. The standard InChI is InChI=1S/C24H28ClN5OS/c1-17-8-10-18(11-9-17)23-27-28-24(32)30(23)15-12-22(31)26-16-21(29-13-4-5-14-29)19-6-2-3-7-20(19)25/h2-3,6-11,21H,4-5,12-16H2,1H3,(H,26,31)(H,28,32). The zero-order valence-corrected chi connectivity index (χ0v) is 19.8. The monoisotopic (exact) mass is 469 g/mol. The van der Waals surface area contributed by atoms with Gasteiger partial charge in [-0.3, -0.25) is 19.4 Å². The summed E-state index contributed by atoms with van der Waals surface area (Å²) in [4.78, 5) is 15.1. The minimum absolute atomic E-state index is 0.0146. The third-order valence-corrected chi connectivity index (χ3v) is 6.62. The molecule has 0 aliphatic carbocycles. The Morgan fingerprint density at radius 1 is 1.19 bits per heavy atom. The summed E-state index contributed by atoms with van der Waals surface area (Å²) in [6.07, 6.45) is 2.67. The molecular weight excluding hydrogens is 442 g/mol. The number of halogens is 1. The van der Waals surface area contributed by atoms with E-state index in [1.165, 1.54) is 18.4 Å². The van der Waals surface area contributed by atoms with Gasteiger partial charge in [0.15, 0.2) is 10.6 Å². The van der Waals surface area contributed by atoms with Gasteiger partial charge in [0.2, 0.25) is 5.91 Å². The van der Waals surface area contributed by atoms with Gasteiger partial charge in [-0.1, -0.05) is 59.6 Å². The molecule has 8 heteroatoms. The first-order valence-corrected chi connectivity index (χ1v) is 11.8. The molecule has 1 aliphatic rings. The first-order valence-electron chi connectivity index (χ1n) is 11.0. The fourth-order valence-corrected chi connectivity index (χ4v) is 4.68. The van der Waals surface area contributed by atoms with Crippen molar-refractivity contribution < 1.29 is 4.79 Å². The minimum Gasteiger partial charge on any atom is -0.354 e. The highest BCUT2D eigenvalue weighted by Crippen LogP contribution is 2.29. The van der Waals surface area contributed by atoms with Gasteiger partial charge in [0.1, 0.15) is 0 Å². The highest BCUT2D eigenvalue weighted by atomic mass is 35.5. The molecule has 4 rings (SSSR count). The molecule has 1 aromatic heterocycles. The van der Waals surface area contributed by atoms with Crippen LogP contribution >= 0.6 is 23.8 Å². The average molecular weight is 470 g/mol. The smallest absolute Gasteiger partial charge is 0.221 e. The predicted molar refractivity (Wildman–Crippen MR) is 130 cm³/mol. The molecule has 0 spiro atoms. The lowest BCUT2D eigenvalue weighted by Crippen LogP contribution is -2.37. The van der Waals surface area contributed by atoms with E-state index in [0.29, 0.717) is 24.3 Å². The number of amides is 1. The fourth-order valence-electron chi connectivity index (χ4n) is 4.19. The van der Waals surface area contributed by atoms with Crippen molar-refractivity contribution in [3.63, 3.8) is 0 Å². The van der Waals surface area contributed by atoms with Crippen LogP contribution in [0.25, 0.3) is 11.4 Å². The average Bonchev–Trinajstić information content (AvgIpc) is 3.44. The van der Waals surface area contributed by atoms with Crippen molar-refractivity contribution in [2.75, 3.05) is 19.6 Å². The molecule has 6 nitrogen and oxygen atoms in total. The highest BCUT2D eigenvalue weighted by molar-refractivity contribution is 7.71. The van der Waals surface area contributed by atoms with E-state index >= 15 is 0 Å². The van der Waals surface area contributed by atoms with E-state index in [1.807, 2.05) is 54.0 Å². The van der Waals surface area contributed by atoms with Gasteiger partial charge in [-0.05, 0) is 56.7 Å². The second-order valence-electron chi connectivity index (χ2n) is 8.20. The first-order chi connectivity index (χ1) is 15.5. The van der Waals surface area contributed by atoms with E-state index < -0.39 is 0 Å². The summed E-state index contributed by atoms with van der Waals surface area (Å²) in [5, 5.41) is 11.1. The lowest BCUT2D eigenvalue weighted by molar-refractivity contribution is -0.121. The Hall–Kier alpha value is -2.48. The Bertz CT molecular complexity index is 1120. The molecule has 0 radical (unpaired) electrons. The number of hydrogen-bond donors (Lipinski definition) is 2. The normalized spacial score (nSPS) is 15.1. The molecule has 1 unspecified atom stereocenters. The second-order valence-corrected chi connectivity index (χ2v) is 9.00. The van der Waals surface area contributed by atoms with Gasteiger partial charge in [0.25, 0.3) is 0 Å². The third-order valence-electron chi connectivity index (χ3n) is 5.97. The number of nitrogens with one attached hydrogen (secondary N) is 2. The van der Waals surface area contributed by atoms with Gasteiger partial charge in [-0.15, -0.1) is 0 Å². The van der Waals surface area contributed by atoms with E-state index in [0.717, 1.165) is 35.1 Å². The van der Waals surface area contributed by atoms with Crippen LogP contribution in [-0.4, -0.2) is 45.2 Å². The van der Waals surface area contributed by atoms with Crippen LogP contribution in [0.4, 0.5) is 0 Å². The number of likely N-dealkylation sites (tertiary alicyclic amines) is 1. The number of rotatable bonds is 8. The van der Waals surface area contributed by atoms with Crippen LogP contribution in [0.5, 0.6) is 0 Å². The largest absolute Gasteiger partial charge is 0.354 e. The van der Waals surface area contributed by atoms with Crippen LogP contribution in [0.1, 0.15) is 36.4 Å². The fraction of sp³-hybridized carbons (Fsp3) is 0.375. The van der Waals surface area contributed by atoms with Gasteiger partial charge < -0.3 is 5.32 Å². The molecule has 2 aromatic carbocycles. The number of carbonyl (C=O) groups is 1. The summed E-state index contributed by atoms with van der Waals surface area (Å²) >= 11 is 11.9. The van der Waals surface area contributed by atoms with E-state index in [2.05, 4.69) is 26.5 Å². The van der Waals surface area contributed by atoms with Crippen LogP contribution in [0.3, 0.4) is 0 Å². The molecule has 32 heavy (non-hydrogen) atoms. The number of benzene rings is 2. The van der Waals surface area contributed by atoms with Crippen molar-refractivity contribution >= 4 is 29.7 Å². The number of H-pyrrole nitrogens is 1. The topological polar surface area (TPSA) is 66.0 Å². The zero-order valence-electron chi connectivity index (χ0n) is 18.2. The van der Waals surface area contributed by atoms with E-state index in [9.17, 15) is 4.79 Å². The molecule has 2 N–H and O–H groups in total. The van der Waals surface area contributed by atoms with Crippen LogP contribution in [-0.2, 0) is 11.3 Å². The lowest BCUT2D eigenvalue weighted by Gasteiger charge is -2.29. The van der Waals surface area contributed by atoms with E-state index in [1.54, 1.807) is 0 Å². The van der Waals surface area contributed by atoms with Crippen molar-refractivity contribution in [3.8, 4) is 11.4 Å². The summed E-state index contributed by atoms with van der Waals surface area (Å²) < 4.78 is 2.39. The summed E-state index contributed by atoms with van der Waals surface area (Å²) in [5.74, 6) is 0.730. The van der Waals surface area contributed by atoms with E-state index in [4.69, 9.17) is 23.8 Å². The highest BCUT2D eigenvalue weighted by Gasteiger charge is 2.25. The molecule has 3 aromatic rings. The number of hydrogen-bond acceptors (Lipinski definition) is 4. The minimum atomic E-state index is -0.0146. The van der Waals surface area contributed by atoms with Crippen LogP contribution in [0.2, 0.25) is 5.02 Å². The van der Waals surface area contributed by atoms with Crippen LogP contribution in [0, 0.1) is 11.7 Å². The summed E-state index contributed by atoms with van der Waals surface area (Å²) in [5.41, 5.74) is 3.21. The summed E-state index contributed by atoms with van der Waals surface area (Å²) in [6.45, 7) is 5.09. The summed E-state index contributed by atoms with van der Waals surface area (Å²) in [6, 6.07) is 16.1. The molecule has 168 valence electrons. The molecule has 1 fully saturated rings. The maximum Gasteiger partial charge on any atom is 0.221 e. The molecule has 1 atom stereocenters. The molecule has 1 aliphatic heterocycles. The molecule has 1 saturated heterocycles. The molecule has 0 saturated carbocycles. The van der Waals surface area contributed by atoms with E-state index in [-0.39, 0.29) is 11.9 Å². The Morgan fingerprint density at radius 2 is 1.91 bits per heavy atom. The van der Waals surface area contributed by atoms with Crippen molar-refractivity contribution in [2.45, 2.75) is 38.8 Å². The van der Waals surface area contributed by atoms with Crippen molar-refractivity contribution in [2.24, 2.45) is 0 Å². The molecule has 2 heterocycles. The number of aryl methyl sites for hydroxylation is 1. The maximum atomic E-state index is 12.7. The molecular formula is C24H28ClN5OS. The van der Waals surface area contributed by atoms with Gasteiger partial charge >= 0.3 is 0 Å². The predicted octanol–water partition coefficient (Wildman–Crippen LogP) is 4.91. The van der Waals surface area contributed by atoms with Crippen LogP contribution < -0.4 is 5.32 Å². The van der Waals surface area contributed by atoms with Gasteiger partial charge in [-0.2, -0.15) is 5.10 Å². The Morgan fingerprint density at radius 3 is 2.62 bits per heavy atom. The third kappa shape index (κ3) is 5.28.